The van der Waals surface area contributed by atoms with Gasteiger partial charge in [0.05, 0.1) is 6.42 Å². The molecule has 1 amide bonds. The van der Waals surface area contributed by atoms with Crippen LogP contribution in [0.3, 0.4) is 0 Å². The molecule has 166 valence electrons. The molecule has 0 heterocycles. The minimum atomic E-state index is -1.26. The Labute approximate surface area is 186 Å². The van der Waals surface area contributed by atoms with Crippen LogP contribution in [0.4, 0.5) is 0 Å². The zero-order valence-electron chi connectivity index (χ0n) is 17.8. The van der Waals surface area contributed by atoms with E-state index in [-0.39, 0.29) is 5.91 Å². The Morgan fingerprint density at radius 2 is 1.43 bits per heavy atom. The minimum absolute atomic E-state index is 0.223. The van der Waals surface area contributed by atoms with Crippen molar-refractivity contribution in [1.82, 2.24) is 9.80 Å². The molecule has 1 aromatic rings. The topological polar surface area (TPSA) is 98.2 Å². The van der Waals surface area contributed by atoms with Crippen LogP contribution in [0, 0.1) is 0 Å². The highest BCUT2D eigenvalue weighted by Crippen LogP contribution is 2.25. The molecular weight excluding hydrogens is 452 g/mol. The summed E-state index contributed by atoms with van der Waals surface area (Å²) < 4.78 is 1.05. The second-order valence-electron chi connectivity index (χ2n) is 7.55. The highest BCUT2D eigenvalue weighted by atomic mass is 79.9. The van der Waals surface area contributed by atoms with Gasteiger partial charge in [-0.15, -0.1) is 0 Å². The van der Waals surface area contributed by atoms with E-state index >= 15 is 0 Å². The Hall–Kier alpha value is -2.19. The van der Waals surface area contributed by atoms with E-state index in [1.54, 1.807) is 0 Å². The predicted molar refractivity (Wildman–Crippen MR) is 119 cm³/mol. The summed E-state index contributed by atoms with van der Waals surface area (Å²) in [5.74, 6) is -2.29. The van der Waals surface area contributed by atoms with E-state index in [4.69, 9.17) is 10.2 Å². The Balaban J connectivity index is 0.000000479. The SMILES string of the molecule is CN(C)C1CCCCCC1N(C)C(=O)Cc1ccc(Br)cc1.O=C(O)/C=C\C(=O)O. The van der Waals surface area contributed by atoms with Crippen LogP contribution in [0.1, 0.15) is 37.7 Å². The summed E-state index contributed by atoms with van der Waals surface area (Å²) in [7, 11) is 6.25. The zero-order chi connectivity index (χ0) is 22.7. The first-order valence-electron chi connectivity index (χ1n) is 9.92. The van der Waals surface area contributed by atoms with Crippen LogP contribution in [0.25, 0.3) is 0 Å². The standard InChI is InChI=1S/C18H27BrN2O.C4H4O4/c1-20(2)16-7-5-4-6-8-17(16)21(3)18(22)13-14-9-11-15(19)12-10-14;5-3(6)1-2-4(7)8/h9-12,16-17H,4-8,13H2,1-3H3;1-2H,(H,5,6)(H,7,8)/b;2-1-. The van der Waals surface area contributed by atoms with E-state index in [1.165, 1.54) is 25.7 Å². The summed E-state index contributed by atoms with van der Waals surface area (Å²) in [6.45, 7) is 0. The predicted octanol–water partition coefficient (Wildman–Crippen LogP) is 3.42. The number of benzene rings is 1. The van der Waals surface area contributed by atoms with Crippen LogP contribution < -0.4 is 0 Å². The summed E-state index contributed by atoms with van der Waals surface area (Å²) in [5, 5.41) is 15.6. The van der Waals surface area contributed by atoms with Gasteiger partial charge >= 0.3 is 11.9 Å². The number of aliphatic carboxylic acids is 2. The Morgan fingerprint density at radius 1 is 0.933 bits per heavy atom. The first-order chi connectivity index (χ1) is 14.1. The molecule has 1 aliphatic rings. The summed E-state index contributed by atoms with van der Waals surface area (Å²) in [6, 6.07) is 8.84. The maximum atomic E-state index is 12.7. The molecule has 2 atom stereocenters. The van der Waals surface area contributed by atoms with Crippen molar-refractivity contribution in [3.63, 3.8) is 0 Å². The maximum absolute atomic E-state index is 12.7. The molecule has 30 heavy (non-hydrogen) atoms. The smallest absolute Gasteiger partial charge is 0.328 e. The number of nitrogens with zero attached hydrogens (tertiary/aromatic N) is 2. The lowest BCUT2D eigenvalue weighted by atomic mass is 9.99. The third-order valence-corrected chi connectivity index (χ3v) is 5.66. The number of carbonyl (C=O) groups is 3. The normalized spacial score (nSPS) is 19.0. The first kappa shape index (κ1) is 25.8. The summed E-state index contributed by atoms with van der Waals surface area (Å²) in [5.41, 5.74) is 1.08. The van der Waals surface area contributed by atoms with Crippen LogP contribution in [-0.2, 0) is 20.8 Å². The number of carbonyl (C=O) groups excluding carboxylic acids is 1. The Bertz CT molecular complexity index is 718. The molecule has 0 spiro atoms. The van der Waals surface area contributed by atoms with Crippen molar-refractivity contribution in [2.45, 2.75) is 50.6 Å². The summed E-state index contributed by atoms with van der Waals surface area (Å²) in [4.78, 5) is 36.1. The van der Waals surface area contributed by atoms with E-state index in [0.717, 1.165) is 16.5 Å². The Kier molecular flexibility index (Phi) is 11.4. The van der Waals surface area contributed by atoms with Gasteiger partial charge in [0.1, 0.15) is 0 Å². The van der Waals surface area contributed by atoms with Gasteiger partial charge in [0.2, 0.25) is 5.91 Å². The average Bonchev–Trinajstić information content (AvgIpc) is 2.94. The zero-order valence-corrected chi connectivity index (χ0v) is 19.3. The lowest BCUT2D eigenvalue weighted by Gasteiger charge is -2.37. The van der Waals surface area contributed by atoms with Crippen LogP contribution in [-0.4, -0.2) is 71.1 Å². The lowest BCUT2D eigenvalue weighted by molar-refractivity contribution is -0.134. The maximum Gasteiger partial charge on any atom is 0.328 e. The van der Waals surface area contributed by atoms with Gasteiger partial charge in [-0.1, -0.05) is 47.3 Å². The van der Waals surface area contributed by atoms with Crippen molar-refractivity contribution < 1.29 is 24.6 Å². The van der Waals surface area contributed by atoms with E-state index in [2.05, 4.69) is 34.9 Å². The van der Waals surface area contributed by atoms with Gasteiger partial charge in [-0.05, 0) is 44.6 Å². The van der Waals surface area contributed by atoms with Crippen molar-refractivity contribution in [2.75, 3.05) is 21.1 Å². The number of likely N-dealkylation sites (N-methyl/N-ethyl adjacent to an activating group) is 2. The lowest BCUT2D eigenvalue weighted by Crippen LogP contribution is -2.50. The third-order valence-electron chi connectivity index (χ3n) is 5.14. The molecule has 8 heteroatoms. The second-order valence-corrected chi connectivity index (χ2v) is 8.47. The molecule has 2 rings (SSSR count). The van der Waals surface area contributed by atoms with E-state index in [1.807, 2.05) is 36.2 Å². The third kappa shape index (κ3) is 9.54. The molecule has 2 N–H and O–H groups in total. The number of hydrogen-bond donors (Lipinski definition) is 2. The molecule has 0 aliphatic heterocycles. The number of carboxylic acids is 2. The number of carboxylic acid groups (broad SMARTS) is 2. The van der Waals surface area contributed by atoms with Gasteiger partial charge < -0.3 is 20.0 Å². The van der Waals surface area contributed by atoms with Gasteiger partial charge in [-0.2, -0.15) is 0 Å². The first-order valence-corrected chi connectivity index (χ1v) is 10.7. The summed E-state index contributed by atoms with van der Waals surface area (Å²) >= 11 is 3.43. The molecular formula is C22H31BrN2O5. The minimum Gasteiger partial charge on any atom is -0.478 e. The molecule has 0 radical (unpaired) electrons. The Morgan fingerprint density at radius 3 is 1.90 bits per heavy atom. The molecule has 2 unspecified atom stereocenters. The second kappa shape index (κ2) is 13.2. The average molecular weight is 483 g/mol. The van der Waals surface area contributed by atoms with Gasteiger partial charge in [0.25, 0.3) is 0 Å². The molecule has 1 saturated carbocycles. The molecule has 0 bridgehead atoms. The number of rotatable bonds is 6. The molecule has 1 aliphatic carbocycles. The summed E-state index contributed by atoms with van der Waals surface area (Å²) in [6.07, 6.45) is 7.69. The number of halogens is 1. The van der Waals surface area contributed by atoms with E-state index < -0.39 is 11.9 Å². The largest absolute Gasteiger partial charge is 0.478 e. The quantitative estimate of drug-likeness (QED) is 0.476. The van der Waals surface area contributed by atoms with Crippen molar-refractivity contribution in [3.8, 4) is 0 Å². The van der Waals surface area contributed by atoms with Crippen LogP contribution in [0.2, 0.25) is 0 Å². The van der Waals surface area contributed by atoms with Gasteiger partial charge in [0, 0.05) is 35.8 Å². The fourth-order valence-electron chi connectivity index (χ4n) is 3.55. The fourth-order valence-corrected chi connectivity index (χ4v) is 3.82. The van der Waals surface area contributed by atoms with E-state index in [0.29, 0.717) is 30.7 Å². The highest BCUT2D eigenvalue weighted by molar-refractivity contribution is 9.10. The van der Waals surface area contributed by atoms with Crippen molar-refractivity contribution in [1.29, 1.82) is 0 Å². The van der Waals surface area contributed by atoms with Crippen LogP contribution in [0.5, 0.6) is 0 Å². The number of hydrogen-bond acceptors (Lipinski definition) is 4. The van der Waals surface area contributed by atoms with Crippen molar-refractivity contribution in [2.24, 2.45) is 0 Å². The van der Waals surface area contributed by atoms with Crippen molar-refractivity contribution >= 4 is 33.8 Å². The molecule has 1 aromatic carbocycles. The monoisotopic (exact) mass is 482 g/mol. The fraction of sp³-hybridized carbons (Fsp3) is 0.500. The van der Waals surface area contributed by atoms with Gasteiger partial charge in [0.15, 0.2) is 0 Å². The molecule has 0 aromatic heterocycles. The van der Waals surface area contributed by atoms with E-state index in [9.17, 15) is 14.4 Å². The van der Waals surface area contributed by atoms with Gasteiger partial charge in [-0.3, -0.25) is 4.79 Å². The van der Waals surface area contributed by atoms with Crippen LogP contribution in [0.15, 0.2) is 40.9 Å². The molecule has 0 saturated heterocycles. The van der Waals surface area contributed by atoms with Gasteiger partial charge in [-0.25, -0.2) is 9.59 Å². The van der Waals surface area contributed by atoms with Crippen LogP contribution >= 0.6 is 15.9 Å². The molecule has 7 nitrogen and oxygen atoms in total. The highest BCUT2D eigenvalue weighted by Gasteiger charge is 2.30. The van der Waals surface area contributed by atoms with Crippen molar-refractivity contribution in [3.05, 3.63) is 46.5 Å². The number of amides is 1. The molecule has 1 fully saturated rings.